The number of nitrogens with two attached hydrogens (primary N) is 1. The number of aromatic nitrogens is 2. The number of primary amides is 1. The molecule has 0 unspecified atom stereocenters. The number of nitrogens with one attached hydrogen (secondary N) is 2. The molecule has 0 aliphatic heterocycles. The Balaban J connectivity index is 1.70. The van der Waals surface area contributed by atoms with Gasteiger partial charge in [0.15, 0.2) is 12.4 Å². The topological polar surface area (TPSA) is 136 Å². The lowest BCUT2D eigenvalue weighted by molar-refractivity contribution is -0.119. The van der Waals surface area contributed by atoms with Gasteiger partial charge < -0.3 is 15.8 Å². The SMILES string of the molecule is CNS(=O)(=O)c1cc(-c2nnc(Nc3ccc(OCC(N)=O)cc3)c3ccccc23)ccc1C. The van der Waals surface area contributed by atoms with Crippen molar-refractivity contribution in [3.05, 3.63) is 72.3 Å². The minimum Gasteiger partial charge on any atom is -0.484 e. The highest BCUT2D eigenvalue weighted by Gasteiger charge is 2.18. The van der Waals surface area contributed by atoms with Crippen LogP contribution in [0.4, 0.5) is 11.5 Å². The van der Waals surface area contributed by atoms with Crippen LogP contribution in [0.2, 0.25) is 0 Å². The standard InChI is InChI=1S/C24H23N5O4S/c1-15-7-8-16(13-21(15)34(31,32)26-2)23-19-5-3-4-6-20(19)24(29-28-23)27-17-9-11-18(12-10-17)33-14-22(25)30/h3-13,26H,14H2,1-2H3,(H2,25,30)(H,27,29). The number of fused-ring (bicyclic) bond motifs is 1. The highest BCUT2D eigenvalue weighted by molar-refractivity contribution is 7.89. The molecule has 4 rings (SSSR count). The van der Waals surface area contributed by atoms with Crippen molar-refractivity contribution >= 4 is 38.2 Å². The number of ether oxygens (including phenoxy) is 1. The Morgan fingerprint density at radius 3 is 2.38 bits per heavy atom. The van der Waals surface area contributed by atoms with Gasteiger partial charge in [-0.3, -0.25) is 4.79 Å². The van der Waals surface area contributed by atoms with E-state index in [4.69, 9.17) is 10.5 Å². The summed E-state index contributed by atoms with van der Waals surface area (Å²) in [6.45, 7) is 1.55. The summed E-state index contributed by atoms with van der Waals surface area (Å²) in [7, 11) is -2.24. The molecule has 0 spiro atoms. The molecule has 0 saturated heterocycles. The number of rotatable bonds is 8. The first-order chi connectivity index (χ1) is 16.3. The van der Waals surface area contributed by atoms with E-state index in [-0.39, 0.29) is 11.5 Å². The fraction of sp³-hybridized carbons (Fsp3) is 0.125. The van der Waals surface area contributed by atoms with Crippen molar-refractivity contribution in [1.29, 1.82) is 0 Å². The number of hydrogen-bond donors (Lipinski definition) is 3. The van der Waals surface area contributed by atoms with Crippen molar-refractivity contribution in [3.63, 3.8) is 0 Å². The first-order valence-corrected chi connectivity index (χ1v) is 11.8. The first kappa shape index (κ1) is 23.1. The van der Waals surface area contributed by atoms with Crippen LogP contribution in [0.3, 0.4) is 0 Å². The van der Waals surface area contributed by atoms with E-state index in [2.05, 4.69) is 20.2 Å². The summed E-state index contributed by atoms with van der Waals surface area (Å²) in [6, 6.07) is 19.8. The quantitative estimate of drug-likeness (QED) is 0.355. The van der Waals surface area contributed by atoms with Gasteiger partial charge in [-0.05, 0) is 49.9 Å². The van der Waals surface area contributed by atoms with Crippen LogP contribution in [0.25, 0.3) is 22.0 Å². The van der Waals surface area contributed by atoms with Gasteiger partial charge in [0.2, 0.25) is 10.0 Å². The highest BCUT2D eigenvalue weighted by atomic mass is 32.2. The lowest BCUT2D eigenvalue weighted by atomic mass is 10.0. The van der Waals surface area contributed by atoms with Crippen molar-refractivity contribution in [3.8, 4) is 17.0 Å². The van der Waals surface area contributed by atoms with Crippen LogP contribution in [0.1, 0.15) is 5.56 Å². The summed E-state index contributed by atoms with van der Waals surface area (Å²) in [6.07, 6.45) is 0. The summed E-state index contributed by atoms with van der Waals surface area (Å²) in [5.41, 5.74) is 7.70. The summed E-state index contributed by atoms with van der Waals surface area (Å²) in [5.74, 6) is 0.510. The molecular formula is C24H23N5O4S. The van der Waals surface area contributed by atoms with Gasteiger partial charge >= 0.3 is 0 Å². The fourth-order valence-corrected chi connectivity index (χ4v) is 4.48. The molecule has 0 radical (unpaired) electrons. The molecular weight excluding hydrogens is 454 g/mol. The van der Waals surface area contributed by atoms with Crippen molar-refractivity contribution in [2.75, 3.05) is 19.0 Å². The number of benzene rings is 3. The van der Waals surface area contributed by atoms with Gasteiger partial charge in [-0.1, -0.05) is 36.4 Å². The van der Waals surface area contributed by atoms with Gasteiger partial charge in [0.25, 0.3) is 5.91 Å². The average molecular weight is 478 g/mol. The van der Waals surface area contributed by atoms with Gasteiger partial charge in [-0.15, -0.1) is 10.2 Å². The Bertz CT molecular complexity index is 1470. The first-order valence-electron chi connectivity index (χ1n) is 10.4. The van der Waals surface area contributed by atoms with Crippen molar-refractivity contribution in [2.24, 2.45) is 5.73 Å². The molecule has 0 aliphatic carbocycles. The second-order valence-electron chi connectivity index (χ2n) is 7.53. The monoisotopic (exact) mass is 477 g/mol. The molecule has 0 atom stereocenters. The molecule has 3 aromatic carbocycles. The maximum atomic E-state index is 12.4. The molecule has 1 aromatic heterocycles. The molecule has 34 heavy (non-hydrogen) atoms. The number of aryl methyl sites for hydroxylation is 1. The smallest absolute Gasteiger partial charge is 0.255 e. The number of hydrogen-bond acceptors (Lipinski definition) is 7. The van der Waals surface area contributed by atoms with Gasteiger partial charge in [-0.25, -0.2) is 13.1 Å². The molecule has 174 valence electrons. The molecule has 1 amide bonds. The van der Waals surface area contributed by atoms with E-state index in [1.165, 1.54) is 7.05 Å². The Labute approximate surface area is 197 Å². The number of amides is 1. The number of anilines is 2. The van der Waals surface area contributed by atoms with E-state index >= 15 is 0 Å². The fourth-order valence-electron chi connectivity index (χ4n) is 3.48. The Kier molecular flexibility index (Phi) is 6.44. The summed E-state index contributed by atoms with van der Waals surface area (Å²) < 4.78 is 32.5. The van der Waals surface area contributed by atoms with Gasteiger partial charge in [0, 0.05) is 22.0 Å². The molecule has 0 fully saturated rings. The molecule has 0 bridgehead atoms. The highest BCUT2D eigenvalue weighted by Crippen LogP contribution is 2.33. The van der Waals surface area contributed by atoms with Crippen LogP contribution < -0.4 is 20.5 Å². The van der Waals surface area contributed by atoms with E-state index in [1.54, 1.807) is 43.3 Å². The minimum atomic E-state index is -3.62. The maximum absolute atomic E-state index is 12.4. The Hall–Kier alpha value is -4.02. The number of carbonyl (C=O) groups is 1. The number of carbonyl (C=O) groups excluding carboxylic acids is 1. The van der Waals surface area contributed by atoms with Gasteiger partial charge in [-0.2, -0.15) is 0 Å². The van der Waals surface area contributed by atoms with E-state index in [0.717, 1.165) is 16.5 Å². The van der Waals surface area contributed by atoms with Gasteiger partial charge in [0.1, 0.15) is 11.4 Å². The summed E-state index contributed by atoms with van der Waals surface area (Å²) in [5, 5.41) is 13.7. The van der Waals surface area contributed by atoms with Crippen LogP contribution in [0.5, 0.6) is 5.75 Å². The Morgan fingerprint density at radius 2 is 1.71 bits per heavy atom. The average Bonchev–Trinajstić information content (AvgIpc) is 2.84. The third-order valence-electron chi connectivity index (χ3n) is 5.21. The summed E-state index contributed by atoms with van der Waals surface area (Å²) >= 11 is 0. The Morgan fingerprint density at radius 1 is 1.00 bits per heavy atom. The molecule has 1 heterocycles. The third kappa shape index (κ3) is 4.82. The lowest BCUT2D eigenvalue weighted by Gasteiger charge is -2.13. The number of sulfonamides is 1. The predicted octanol–water partition coefficient (Wildman–Crippen LogP) is 3.12. The summed E-state index contributed by atoms with van der Waals surface area (Å²) in [4.78, 5) is 11.1. The van der Waals surface area contributed by atoms with Crippen LogP contribution in [0.15, 0.2) is 71.6 Å². The maximum Gasteiger partial charge on any atom is 0.255 e. The van der Waals surface area contributed by atoms with Gasteiger partial charge in [0.05, 0.1) is 4.90 Å². The number of nitrogens with zero attached hydrogens (tertiary/aromatic N) is 2. The zero-order chi connectivity index (χ0) is 24.3. The van der Waals surface area contributed by atoms with E-state index in [9.17, 15) is 13.2 Å². The molecule has 10 heteroatoms. The molecule has 4 aromatic rings. The molecule has 9 nitrogen and oxygen atoms in total. The van der Waals surface area contributed by atoms with E-state index in [1.807, 2.05) is 30.3 Å². The third-order valence-corrected chi connectivity index (χ3v) is 6.76. The van der Waals surface area contributed by atoms with Crippen molar-refractivity contribution in [1.82, 2.24) is 14.9 Å². The van der Waals surface area contributed by atoms with Crippen LogP contribution in [-0.4, -0.2) is 38.2 Å². The molecule has 0 aliphatic rings. The van der Waals surface area contributed by atoms with Crippen LogP contribution >= 0.6 is 0 Å². The predicted molar refractivity (Wildman–Crippen MR) is 130 cm³/mol. The van der Waals surface area contributed by atoms with Crippen LogP contribution in [0, 0.1) is 6.92 Å². The van der Waals surface area contributed by atoms with Crippen molar-refractivity contribution in [2.45, 2.75) is 11.8 Å². The normalized spacial score (nSPS) is 11.4. The molecule has 0 saturated carbocycles. The second kappa shape index (κ2) is 9.46. The van der Waals surface area contributed by atoms with Crippen molar-refractivity contribution < 1.29 is 17.9 Å². The van der Waals surface area contributed by atoms with E-state index < -0.39 is 15.9 Å². The molecule has 4 N–H and O–H groups in total. The largest absolute Gasteiger partial charge is 0.484 e. The zero-order valence-electron chi connectivity index (χ0n) is 18.6. The van der Waals surface area contributed by atoms with Crippen LogP contribution in [-0.2, 0) is 14.8 Å². The zero-order valence-corrected chi connectivity index (χ0v) is 19.4. The minimum absolute atomic E-state index is 0.194. The lowest BCUT2D eigenvalue weighted by Crippen LogP contribution is -2.19. The van der Waals surface area contributed by atoms with E-state index in [0.29, 0.717) is 28.4 Å². The second-order valence-corrected chi connectivity index (χ2v) is 9.39.